The number of nitrogens with zero attached hydrogens (tertiary/aromatic N) is 5. The van der Waals surface area contributed by atoms with E-state index in [0.717, 1.165) is 32.1 Å². The van der Waals surface area contributed by atoms with Gasteiger partial charge in [0.2, 0.25) is 5.95 Å². The van der Waals surface area contributed by atoms with Gasteiger partial charge < -0.3 is 15.5 Å². The summed E-state index contributed by atoms with van der Waals surface area (Å²) in [5, 5.41) is 0.408. The Hall–Kier alpha value is -1.68. The first-order valence-electron chi connectivity index (χ1n) is 8.90. The van der Waals surface area contributed by atoms with Gasteiger partial charge in [0.05, 0.1) is 6.54 Å². The molecule has 28 heavy (non-hydrogen) atoms. The molecule has 1 fully saturated rings. The van der Waals surface area contributed by atoms with Crippen molar-refractivity contribution in [2.45, 2.75) is 19.3 Å². The van der Waals surface area contributed by atoms with Crippen LogP contribution in [0.2, 0.25) is 5.02 Å². The molecule has 0 radical (unpaired) electrons. The molecule has 152 valence electrons. The molecule has 1 aromatic heterocycles. The van der Waals surface area contributed by atoms with Crippen LogP contribution < -0.4 is 10.6 Å². The number of anilines is 1. The molecular weight excluding hydrogens is 494 g/mol. The van der Waals surface area contributed by atoms with Crippen molar-refractivity contribution < 1.29 is 4.39 Å². The van der Waals surface area contributed by atoms with Crippen LogP contribution >= 0.6 is 35.6 Å². The molecule has 0 bridgehead atoms. The monoisotopic (exact) mass is 518 g/mol. The maximum absolute atomic E-state index is 14.2. The summed E-state index contributed by atoms with van der Waals surface area (Å²) in [5.74, 6) is 0.866. The number of hydrogen-bond donors (Lipinski definition) is 1. The van der Waals surface area contributed by atoms with Crippen LogP contribution in [0.15, 0.2) is 41.7 Å². The Kier molecular flexibility index (Phi) is 7.82. The summed E-state index contributed by atoms with van der Waals surface area (Å²) < 4.78 is 14.2. The molecule has 3 rings (SSSR count). The van der Waals surface area contributed by atoms with Crippen molar-refractivity contribution in [1.82, 2.24) is 14.9 Å². The van der Waals surface area contributed by atoms with E-state index in [1.807, 2.05) is 18.7 Å². The number of rotatable bonds is 4. The summed E-state index contributed by atoms with van der Waals surface area (Å²) >= 11 is 6.20. The highest BCUT2D eigenvalue weighted by Crippen LogP contribution is 2.32. The molecule has 1 aliphatic rings. The maximum atomic E-state index is 14.2. The van der Waals surface area contributed by atoms with Crippen LogP contribution in [0.5, 0.6) is 0 Å². The fourth-order valence-corrected chi connectivity index (χ4v) is 3.61. The van der Waals surface area contributed by atoms with Crippen molar-refractivity contribution in [3.8, 4) is 0 Å². The molecule has 6 nitrogen and oxygen atoms in total. The van der Waals surface area contributed by atoms with Gasteiger partial charge in [-0.05, 0) is 18.2 Å². The molecule has 2 aromatic rings. The normalized spacial score (nSPS) is 15.4. The van der Waals surface area contributed by atoms with E-state index in [1.54, 1.807) is 30.6 Å². The van der Waals surface area contributed by atoms with E-state index < -0.39 is 5.41 Å². The second-order valence-corrected chi connectivity index (χ2v) is 7.59. The van der Waals surface area contributed by atoms with Gasteiger partial charge in [0, 0.05) is 54.6 Å². The lowest BCUT2D eigenvalue weighted by Gasteiger charge is -2.35. The number of aliphatic imine (C=N–C) groups is 1. The largest absolute Gasteiger partial charge is 0.370 e. The first kappa shape index (κ1) is 22.6. The van der Waals surface area contributed by atoms with E-state index in [9.17, 15) is 4.39 Å². The fourth-order valence-electron chi connectivity index (χ4n) is 3.19. The zero-order valence-electron chi connectivity index (χ0n) is 16.0. The van der Waals surface area contributed by atoms with Crippen LogP contribution in [0.1, 0.15) is 19.4 Å². The Morgan fingerprint density at radius 1 is 1.18 bits per heavy atom. The molecule has 0 atom stereocenters. The summed E-state index contributed by atoms with van der Waals surface area (Å²) in [6.07, 6.45) is 3.47. The standard InChI is InChI=1S/C19H24ClFN6.HI/c1-19(2,16-14(20)5-3-6-15(16)21)13-25-17(22)26-9-11-27(12-10-26)18-23-7-4-8-24-18;/h3-8H,9-13H2,1-2H3,(H2,22,25);1H. The highest BCUT2D eigenvalue weighted by molar-refractivity contribution is 14.0. The third kappa shape index (κ3) is 5.22. The Morgan fingerprint density at radius 3 is 2.43 bits per heavy atom. The third-order valence-corrected chi connectivity index (χ3v) is 5.03. The zero-order valence-corrected chi connectivity index (χ0v) is 19.1. The summed E-state index contributed by atoms with van der Waals surface area (Å²) in [7, 11) is 0. The van der Waals surface area contributed by atoms with Crippen LogP contribution in [-0.2, 0) is 5.41 Å². The highest BCUT2D eigenvalue weighted by Gasteiger charge is 2.27. The molecule has 2 heterocycles. The van der Waals surface area contributed by atoms with Gasteiger partial charge in [-0.25, -0.2) is 14.4 Å². The van der Waals surface area contributed by atoms with E-state index >= 15 is 0 Å². The van der Waals surface area contributed by atoms with Crippen molar-refractivity contribution >= 4 is 47.5 Å². The van der Waals surface area contributed by atoms with Gasteiger partial charge >= 0.3 is 0 Å². The van der Waals surface area contributed by atoms with Gasteiger partial charge in [-0.3, -0.25) is 4.99 Å². The second kappa shape index (κ2) is 9.69. The lowest BCUT2D eigenvalue weighted by atomic mass is 9.84. The van der Waals surface area contributed by atoms with Gasteiger partial charge in [0.1, 0.15) is 5.82 Å². The molecule has 9 heteroatoms. The van der Waals surface area contributed by atoms with E-state index in [1.165, 1.54) is 6.07 Å². The van der Waals surface area contributed by atoms with Gasteiger partial charge in [-0.1, -0.05) is 31.5 Å². The average molecular weight is 519 g/mol. The number of benzene rings is 1. The lowest BCUT2D eigenvalue weighted by molar-refractivity contribution is 0.376. The Labute approximate surface area is 187 Å². The van der Waals surface area contributed by atoms with Crippen molar-refractivity contribution in [3.63, 3.8) is 0 Å². The third-order valence-electron chi connectivity index (χ3n) is 4.71. The van der Waals surface area contributed by atoms with Crippen LogP contribution in [0, 0.1) is 5.82 Å². The van der Waals surface area contributed by atoms with E-state index in [2.05, 4.69) is 19.9 Å². The minimum absolute atomic E-state index is 0. The first-order chi connectivity index (χ1) is 12.9. The molecule has 1 saturated heterocycles. The fraction of sp³-hybridized carbons (Fsp3) is 0.421. The summed E-state index contributed by atoms with van der Waals surface area (Å²) in [4.78, 5) is 17.2. The number of guanidine groups is 1. The quantitative estimate of drug-likeness (QED) is 0.382. The smallest absolute Gasteiger partial charge is 0.225 e. The minimum Gasteiger partial charge on any atom is -0.370 e. The van der Waals surface area contributed by atoms with Crippen molar-refractivity contribution in [2.75, 3.05) is 37.6 Å². The molecular formula is C19H25ClFIN6. The van der Waals surface area contributed by atoms with Crippen molar-refractivity contribution in [2.24, 2.45) is 10.7 Å². The Morgan fingerprint density at radius 2 is 1.82 bits per heavy atom. The predicted octanol–water partition coefficient (Wildman–Crippen LogP) is 3.30. The van der Waals surface area contributed by atoms with Crippen LogP contribution in [0.4, 0.5) is 10.3 Å². The molecule has 0 amide bonds. The first-order valence-corrected chi connectivity index (χ1v) is 9.27. The summed E-state index contributed by atoms with van der Waals surface area (Å²) in [6.45, 7) is 7.17. The van der Waals surface area contributed by atoms with Gasteiger partial charge in [0.25, 0.3) is 0 Å². The minimum atomic E-state index is -0.563. The van der Waals surface area contributed by atoms with Gasteiger partial charge in [-0.2, -0.15) is 0 Å². The average Bonchev–Trinajstić information content (AvgIpc) is 2.67. The molecule has 0 spiro atoms. The summed E-state index contributed by atoms with van der Waals surface area (Å²) in [5.41, 5.74) is 6.10. The summed E-state index contributed by atoms with van der Waals surface area (Å²) in [6, 6.07) is 6.51. The molecule has 0 unspecified atom stereocenters. The Balaban J connectivity index is 0.00000280. The molecule has 0 saturated carbocycles. The number of halogens is 3. The van der Waals surface area contributed by atoms with Crippen LogP contribution in [-0.4, -0.2) is 53.6 Å². The van der Waals surface area contributed by atoms with Crippen molar-refractivity contribution in [3.05, 3.63) is 53.1 Å². The van der Waals surface area contributed by atoms with E-state index in [0.29, 0.717) is 23.1 Å². The molecule has 2 N–H and O–H groups in total. The topological polar surface area (TPSA) is 70.6 Å². The second-order valence-electron chi connectivity index (χ2n) is 7.18. The predicted molar refractivity (Wildman–Crippen MR) is 122 cm³/mol. The SMILES string of the molecule is CC(C)(CN=C(N)N1CCN(c2ncccn2)CC1)c1c(F)cccc1Cl.I. The Bertz CT molecular complexity index is 789. The van der Waals surface area contributed by atoms with E-state index in [4.69, 9.17) is 17.3 Å². The lowest BCUT2D eigenvalue weighted by Crippen LogP contribution is -2.51. The van der Waals surface area contributed by atoms with Crippen LogP contribution in [0.25, 0.3) is 0 Å². The van der Waals surface area contributed by atoms with Gasteiger partial charge in [0.15, 0.2) is 5.96 Å². The molecule has 0 aliphatic carbocycles. The number of piperazine rings is 1. The number of aromatic nitrogens is 2. The molecule has 1 aromatic carbocycles. The van der Waals surface area contributed by atoms with Crippen LogP contribution in [0.3, 0.4) is 0 Å². The number of hydrogen-bond acceptors (Lipinski definition) is 4. The number of nitrogens with two attached hydrogens (primary N) is 1. The van der Waals surface area contributed by atoms with E-state index in [-0.39, 0.29) is 29.8 Å². The maximum Gasteiger partial charge on any atom is 0.225 e. The molecule has 1 aliphatic heterocycles. The highest BCUT2D eigenvalue weighted by atomic mass is 127. The van der Waals surface area contributed by atoms with Crippen molar-refractivity contribution in [1.29, 1.82) is 0 Å². The zero-order chi connectivity index (χ0) is 19.4. The van der Waals surface area contributed by atoms with Gasteiger partial charge in [-0.15, -0.1) is 24.0 Å².